The number of nitriles is 1. The highest BCUT2D eigenvalue weighted by Gasteiger charge is 2.47. The Balaban J connectivity index is 1.47. The summed E-state index contributed by atoms with van der Waals surface area (Å²) in [4.78, 5) is 14.4. The van der Waals surface area contributed by atoms with Crippen LogP contribution in [0.4, 0.5) is 13.2 Å². The van der Waals surface area contributed by atoms with Gasteiger partial charge in [0.25, 0.3) is 0 Å². The average molecular weight is 438 g/mol. The summed E-state index contributed by atoms with van der Waals surface area (Å²) in [5.74, 6) is -0.459. The van der Waals surface area contributed by atoms with Gasteiger partial charge in [-0.1, -0.05) is 24.5 Å². The van der Waals surface area contributed by atoms with E-state index < -0.39 is 24.2 Å². The van der Waals surface area contributed by atoms with Crippen LogP contribution in [-0.4, -0.2) is 51.6 Å². The fourth-order valence-corrected chi connectivity index (χ4v) is 4.98. The lowest BCUT2D eigenvalue weighted by molar-refractivity contribution is -0.152. The zero-order chi connectivity index (χ0) is 22.1. The van der Waals surface area contributed by atoms with E-state index in [-0.39, 0.29) is 24.4 Å². The normalized spacial score (nSPS) is 25.5. The van der Waals surface area contributed by atoms with E-state index in [2.05, 4.69) is 21.7 Å². The van der Waals surface area contributed by atoms with E-state index in [1.807, 2.05) is 0 Å². The van der Waals surface area contributed by atoms with E-state index in [9.17, 15) is 23.2 Å². The molecular weight excluding hydrogens is 409 g/mol. The molecule has 1 aromatic heterocycles. The largest absolute Gasteiger partial charge is 0.401 e. The lowest BCUT2D eigenvalue weighted by Crippen LogP contribution is -2.47. The highest BCUT2D eigenvalue weighted by molar-refractivity contribution is 5.79. The fourth-order valence-electron chi connectivity index (χ4n) is 4.98. The third kappa shape index (κ3) is 5.20. The van der Waals surface area contributed by atoms with E-state index in [0.29, 0.717) is 25.1 Å². The van der Waals surface area contributed by atoms with Crippen molar-refractivity contribution in [3.8, 4) is 6.07 Å². The number of carbonyl (C=O) groups is 1. The predicted molar refractivity (Wildman–Crippen MR) is 106 cm³/mol. The molecule has 2 unspecified atom stereocenters. The maximum Gasteiger partial charge on any atom is 0.401 e. The zero-order valence-electron chi connectivity index (χ0n) is 17.6. The van der Waals surface area contributed by atoms with Gasteiger partial charge in [-0.15, -0.1) is 5.10 Å². The number of hydrogen-bond acceptors (Lipinski definition) is 5. The third-order valence-corrected chi connectivity index (χ3v) is 6.90. The van der Waals surface area contributed by atoms with Crippen molar-refractivity contribution < 1.29 is 18.0 Å². The maximum atomic E-state index is 13.1. The van der Waals surface area contributed by atoms with Gasteiger partial charge in [-0.2, -0.15) is 18.4 Å². The summed E-state index contributed by atoms with van der Waals surface area (Å²) in [5.41, 5.74) is 0.0260. The summed E-state index contributed by atoms with van der Waals surface area (Å²) in [5, 5.41) is 21.0. The number of amides is 1. The Morgan fingerprint density at radius 1 is 1.26 bits per heavy atom. The van der Waals surface area contributed by atoms with Crippen molar-refractivity contribution in [2.45, 2.75) is 75.5 Å². The number of piperidine rings is 1. The van der Waals surface area contributed by atoms with Crippen LogP contribution in [-0.2, 0) is 10.3 Å². The van der Waals surface area contributed by atoms with E-state index in [0.717, 1.165) is 44.9 Å². The van der Waals surface area contributed by atoms with Crippen LogP contribution in [0.5, 0.6) is 0 Å². The number of aromatic nitrogens is 3. The molecule has 1 saturated heterocycles. The van der Waals surface area contributed by atoms with Crippen LogP contribution in [0.25, 0.3) is 0 Å². The van der Waals surface area contributed by atoms with E-state index in [1.54, 1.807) is 10.9 Å². The van der Waals surface area contributed by atoms with Gasteiger partial charge >= 0.3 is 6.18 Å². The molecule has 170 valence electrons. The molecule has 31 heavy (non-hydrogen) atoms. The zero-order valence-corrected chi connectivity index (χ0v) is 17.6. The Kier molecular flexibility index (Phi) is 6.24. The summed E-state index contributed by atoms with van der Waals surface area (Å²) >= 11 is 0. The van der Waals surface area contributed by atoms with Crippen LogP contribution in [0.15, 0.2) is 6.20 Å². The minimum Gasteiger partial charge on any atom is -0.347 e. The molecule has 0 radical (unpaired) electrons. The maximum absolute atomic E-state index is 13.1. The van der Waals surface area contributed by atoms with Crippen LogP contribution in [0.3, 0.4) is 0 Å². The average Bonchev–Trinajstić information content (AvgIpc) is 3.40. The van der Waals surface area contributed by atoms with Crippen molar-refractivity contribution in [2.24, 2.45) is 11.8 Å². The van der Waals surface area contributed by atoms with Gasteiger partial charge in [0.2, 0.25) is 5.91 Å². The van der Waals surface area contributed by atoms with Crippen LogP contribution in [0.1, 0.15) is 69.5 Å². The topological polar surface area (TPSA) is 86.8 Å². The molecule has 0 bridgehead atoms. The van der Waals surface area contributed by atoms with Gasteiger partial charge in [0.15, 0.2) is 5.54 Å². The molecule has 7 nitrogen and oxygen atoms in total. The second-order valence-electron chi connectivity index (χ2n) is 9.31. The van der Waals surface area contributed by atoms with Crippen molar-refractivity contribution in [3.05, 3.63) is 11.9 Å². The summed E-state index contributed by atoms with van der Waals surface area (Å²) in [6.07, 6.45) is 5.40. The van der Waals surface area contributed by atoms with Crippen molar-refractivity contribution in [3.63, 3.8) is 0 Å². The van der Waals surface area contributed by atoms with E-state index in [1.165, 1.54) is 4.90 Å². The number of rotatable bonds is 6. The molecule has 0 aromatic carbocycles. The van der Waals surface area contributed by atoms with Crippen molar-refractivity contribution in [1.82, 2.24) is 25.2 Å². The second kappa shape index (κ2) is 8.77. The SMILES string of the molecule is N#CC1(n2cc(C(NC(=O)C3CCCN(CC(F)(F)F)C3)C3CCCCC3)nn2)CC1. The lowest BCUT2D eigenvalue weighted by atomic mass is 9.82. The van der Waals surface area contributed by atoms with Crippen LogP contribution in [0, 0.1) is 23.2 Å². The summed E-state index contributed by atoms with van der Waals surface area (Å²) in [7, 11) is 0. The Morgan fingerprint density at radius 3 is 2.65 bits per heavy atom. The predicted octanol–water partition coefficient (Wildman–Crippen LogP) is 3.30. The molecule has 10 heteroatoms. The molecule has 2 heterocycles. The molecule has 0 spiro atoms. The third-order valence-electron chi connectivity index (χ3n) is 6.90. The fraction of sp³-hybridized carbons (Fsp3) is 0.810. The first-order chi connectivity index (χ1) is 14.8. The highest BCUT2D eigenvalue weighted by atomic mass is 19.4. The van der Waals surface area contributed by atoms with Gasteiger partial charge in [0.05, 0.1) is 30.8 Å². The molecule has 2 saturated carbocycles. The summed E-state index contributed by atoms with van der Waals surface area (Å²) in [6.45, 7) is -0.500. The minimum atomic E-state index is -4.26. The molecule has 4 rings (SSSR count). The number of hydrogen-bond donors (Lipinski definition) is 1. The molecule has 2 atom stereocenters. The number of likely N-dealkylation sites (tertiary alicyclic amines) is 1. The van der Waals surface area contributed by atoms with Crippen molar-refractivity contribution in [1.29, 1.82) is 5.26 Å². The highest BCUT2D eigenvalue weighted by Crippen LogP contribution is 2.43. The van der Waals surface area contributed by atoms with Crippen LogP contribution < -0.4 is 5.32 Å². The minimum absolute atomic E-state index is 0.118. The van der Waals surface area contributed by atoms with Gasteiger partial charge in [-0.3, -0.25) is 9.69 Å². The summed E-state index contributed by atoms with van der Waals surface area (Å²) in [6, 6.07) is 1.97. The van der Waals surface area contributed by atoms with Crippen LogP contribution >= 0.6 is 0 Å². The Morgan fingerprint density at radius 2 is 2.00 bits per heavy atom. The van der Waals surface area contributed by atoms with Gasteiger partial charge in [0, 0.05) is 6.54 Å². The van der Waals surface area contributed by atoms with Gasteiger partial charge in [-0.25, -0.2) is 4.68 Å². The van der Waals surface area contributed by atoms with Crippen LogP contribution in [0.2, 0.25) is 0 Å². The molecule has 2 aliphatic carbocycles. The number of halogens is 3. The second-order valence-corrected chi connectivity index (χ2v) is 9.31. The first-order valence-corrected chi connectivity index (χ1v) is 11.2. The first-order valence-electron chi connectivity index (χ1n) is 11.2. The van der Waals surface area contributed by atoms with E-state index in [4.69, 9.17) is 0 Å². The Bertz CT molecular complexity index is 822. The number of nitrogens with one attached hydrogen (secondary N) is 1. The molecule has 1 aliphatic heterocycles. The van der Waals surface area contributed by atoms with Gasteiger partial charge in [0.1, 0.15) is 5.69 Å². The van der Waals surface area contributed by atoms with Gasteiger partial charge in [-0.05, 0) is 51.0 Å². The number of carbonyl (C=O) groups excluding carboxylic acids is 1. The molecular formula is C21H29F3N6O. The summed E-state index contributed by atoms with van der Waals surface area (Å²) < 4.78 is 40.0. The van der Waals surface area contributed by atoms with Crippen molar-refractivity contribution >= 4 is 5.91 Å². The number of alkyl halides is 3. The van der Waals surface area contributed by atoms with E-state index >= 15 is 0 Å². The quantitative estimate of drug-likeness (QED) is 0.737. The first kappa shape index (κ1) is 22.1. The Hall–Kier alpha value is -2.15. The molecule has 3 fully saturated rings. The van der Waals surface area contributed by atoms with Crippen molar-refractivity contribution in [2.75, 3.05) is 19.6 Å². The number of nitrogens with zero attached hydrogens (tertiary/aromatic N) is 5. The monoisotopic (exact) mass is 438 g/mol. The molecule has 1 aromatic rings. The lowest BCUT2D eigenvalue weighted by Gasteiger charge is -2.35. The molecule has 1 N–H and O–H groups in total. The molecule has 1 amide bonds. The van der Waals surface area contributed by atoms with Gasteiger partial charge < -0.3 is 5.32 Å². The Labute approximate surface area is 180 Å². The smallest absolute Gasteiger partial charge is 0.347 e. The standard InChI is InChI=1S/C21H29F3N6O/c22-21(23,24)14-29-10-4-7-16(11-29)19(31)26-18(15-5-2-1-3-6-15)17-12-30(28-27-17)20(13-25)8-9-20/h12,15-16,18H,1-11,14H2,(H,26,31). The molecule has 3 aliphatic rings.